The zero-order valence-corrected chi connectivity index (χ0v) is 10.2. The Balaban J connectivity index is 3.83. The molecule has 3 nitrogen and oxygen atoms in total. The zero-order chi connectivity index (χ0) is 10.3. The average molecular weight is 206 g/mol. The molecule has 0 saturated heterocycles. The normalized spacial score (nSPS) is 12.5. The minimum absolute atomic E-state index is 0.673. The summed E-state index contributed by atoms with van der Waals surface area (Å²) in [6, 6.07) is 0.673. The molecule has 0 rings (SSSR count). The first kappa shape index (κ1) is 13.1. The van der Waals surface area contributed by atoms with Gasteiger partial charge in [0.15, 0.2) is 0 Å². The van der Waals surface area contributed by atoms with Crippen LogP contribution in [0.5, 0.6) is 0 Å². The van der Waals surface area contributed by atoms with Crippen LogP contribution < -0.4 is 0 Å². The summed E-state index contributed by atoms with van der Waals surface area (Å²) in [4.78, 5) is 9.76. The zero-order valence-electron chi connectivity index (χ0n) is 9.17. The Labute approximate surface area is 82.4 Å². The first-order chi connectivity index (χ1) is 6.11. The first-order valence-electron chi connectivity index (χ1n) is 4.94. The van der Waals surface area contributed by atoms with Gasteiger partial charge in [0.05, 0.1) is 0 Å². The van der Waals surface area contributed by atoms with E-state index in [0.29, 0.717) is 12.0 Å². The minimum atomic E-state index is -2.79. The van der Waals surface area contributed by atoms with Crippen molar-refractivity contribution in [2.24, 2.45) is 5.92 Å². The van der Waals surface area contributed by atoms with Crippen molar-refractivity contribution in [2.45, 2.75) is 39.2 Å². The van der Waals surface area contributed by atoms with Crippen LogP contribution in [-0.2, 0) is 8.85 Å². The quantitative estimate of drug-likeness (QED) is 0.648. The van der Waals surface area contributed by atoms with Crippen LogP contribution in [0.3, 0.4) is 0 Å². The molecule has 1 N–H and O–H groups in total. The second-order valence-corrected chi connectivity index (χ2v) is 6.08. The van der Waals surface area contributed by atoms with Crippen LogP contribution in [-0.4, -0.2) is 27.8 Å². The summed E-state index contributed by atoms with van der Waals surface area (Å²) in [5.74, 6) is 0.685. The Morgan fingerprint density at radius 3 is 1.92 bits per heavy atom. The van der Waals surface area contributed by atoms with Gasteiger partial charge >= 0.3 is 8.80 Å². The summed E-state index contributed by atoms with van der Waals surface area (Å²) in [5.41, 5.74) is 0. The molecule has 0 amide bonds. The molecule has 4 heteroatoms. The summed E-state index contributed by atoms with van der Waals surface area (Å²) < 4.78 is 10.00. The van der Waals surface area contributed by atoms with E-state index in [-0.39, 0.29) is 0 Å². The van der Waals surface area contributed by atoms with E-state index in [1.807, 2.05) is 0 Å². The van der Waals surface area contributed by atoms with E-state index in [1.54, 1.807) is 0 Å². The lowest BCUT2D eigenvalue weighted by Gasteiger charge is -2.21. The molecule has 0 bridgehead atoms. The smallest absolute Gasteiger partial charge is 0.390 e. The average Bonchev–Trinajstić information content (AvgIpc) is 2.19. The highest BCUT2D eigenvalue weighted by molar-refractivity contribution is 6.59. The lowest BCUT2D eigenvalue weighted by molar-refractivity contribution is 0.148. The molecule has 0 spiro atoms. The van der Waals surface area contributed by atoms with E-state index < -0.39 is 8.80 Å². The van der Waals surface area contributed by atoms with E-state index in [9.17, 15) is 4.80 Å². The second kappa shape index (κ2) is 6.54. The molecule has 0 aromatic heterocycles. The predicted molar refractivity (Wildman–Crippen MR) is 55.5 cm³/mol. The van der Waals surface area contributed by atoms with Gasteiger partial charge in [-0.05, 0) is 12.3 Å². The van der Waals surface area contributed by atoms with Crippen LogP contribution in [0.25, 0.3) is 0 Å². The number of rotatable bonds is 7. The SMILES string of the molecule is CCC(CC)CC[Si](O)(OC)OC. The third-order valence-electron chi connectivity index (χ3n) is 2.66. The van der Waals surface area contributed by atoms with Crippen LogP contribution in [0.2, 0.25) is 6.04 Å². The predicted octanol–water partition coefficient (Wildman–Crippen LogP) is 2.04. The molecule has 0 aliphatic heterocycles. The maximum atomic E-state index is 9.76. The topological polar surface area (TPSA) is 38.7 Å². The van der Waals surface area contributed by atoms with E-state index >= 15 is 0 Å². The van der Waals surface area contributed by atoms with Crippen LogP contribution in [0, 0.1) is 5.92 Å². The summed E-state index contributed by atoms with van der Waals surface area (Å²) in [6.45, 7) is 4.35. The maximum Gasteiger partial charge on any atom is 0.497 e. The molecule has 0 aromatic carbocycles. The van der Waals surface area contributed by atoms with Gasteiger partial charge in [-0.2, -0.15) is 0 Å². The Morgan fingerprint density at radius 1 is 1.15 bits per heavy atom. The van der Waals surface area contributed by atoms with Gasteiger partial charge in [-0.25, -0.2) is 0 Å². The first-order valence-corrected chi connectivity index (χ1v) is 6.91. The summed E-state index contributed by atoms with van der Waals surface area (Å²) >= 11 is 0. The molecular weight excluding hydrogens is 184 g/mol. The second-order valence-electron chi connectivity index (χ2n) is 3.34. The molecule has 13 heavy (non-hydrogen) atoms. The molecule has 0 aliphatic rings. The van der Waals surface area contributed by atoms with Crippen molar-refractivity contribution in [3.63, 3.8) is 0 Å². The molecule has 0 fully saturated rings. The van der Waals surface area contributed by atoms with Crippen molar-refractivity contribution >= 4 is 8.80 Å². The molecule has 0 atom stereocenters. The molecule has 0 radical (unpaired) electrons. The van der Waals surface area contributed by atoms with E-state index in [2.05, 4.69) is 13.8 Å². The fourth-order valence-electron chi connectivity index (χ4n) is 1.37. The van der Waals surface area contributed by atoms with Crippen LogP contribution in [0.1, 0.15) is 33.1 Å². The minimum Gasteiger partial charge on any atom is -0.390 e. The van der Waals surface area contributed by atoms with Gasteiger partial charge in [-0.15, -0.1) is 0 Å². The Morgan fingerprint density at radius 2 is 1.62 bits per heavy atom. The van der Waals surface area contributed by atoms with Gasteiger partial charge in [0.2, 0.25) is 0 Å². The Kier molecular flexibility index (Phi) is 6.58. The van der Waals surface area contributed by atoms with E-state index in [4.69, 9.17) is 8.85 Å². The van der Waals surface area contributed by atoms with Gasteiger partial charge in [-0.1, -0.05) is 26.7 Å². The molecule has 0 unspecified atom stereocenters. The molecule has 80 valence electrons. The van der Waals surface area contributed by atoms with Crippen LogP contribution >= 0.6 is 0 Å². The lowest BCUT2D eigenvalue weighted by atomic mass is 10.0. The third-order valence-corrected chi connectivity index (χ3v) is 4.86. The Hall–Kier alpha value is 0.0969. The molecule has 0 aromatic rings. The van der Waals surface area contributed by atoms with Crippen molar-refractivity contribution in [1.29, 1.82) is 0 Å². The molecule has 0 aliphatic carbocycles. The third kappa shape index (κ3) is 4.76. The number of hydrogen-bond donors (Lipinski definition) is 1. The van der Waals surface area contributed by atoms with Crippen molar-refractivity contribution in [3.8, 4) is 0 Å². The fourth-order valence-corrected chi connectivity index (χ4v) is 2.72. The summed E-state index contributed by atoms with van der Waals surface area (Å²) in [5, 5.41) is 0. The largest absolute Gasteiger partial charge is 0.497 e. The van der Waals surface area contributed by atoms with Gasteiger partial charge in [0, 0.05) is 20.3 Å². The van der Waals surface area contributed by atoms with Crippen LogP contribution in [0.15, 0.2) is 0 Å². The summed E-state index contributed by atoms with van der Waals surface area (Å²) in [6.07, 6.45) is 3.32. The van der Waals surface area contributed by atoms with E-state index in [0.717, 1.165) is 19.3 Å². The van der Waals surface area contributed by atoms with Gasteiger partial charge in [-0.3, -0.25) is 0 Å². The molecule has 0 heterocycles. The Bertz CT molecular complexity index is 122. The molecular formula is C9H22O3Si. The highest BCUT2D eigenvalue weighted by Crippen LogP contribution is 2.20. The number of hydrogen-bond acceptors (Lipinski definition) is 3. The van der Waals surface area contributed by atoms with Crippen molar-refractivity contribution in [1.82, 2.24) is 0 Å². The van der Waals surface area contributed by atoms with Crippen LogP contribution in [0.4, 0.5) is 0 Å². The van der Waals surface area contributed by atoms with E-state index in [1.165, 1.54) is 14.2 Å². The van der Waals surface area contributed by atoms with Crippen molar-refractivity contribution in [2.75, 3.05) is 14.2 Å². The monoisotopic (exact) mass is 206 g/mol. The van der Waals surface area contributed by atoms with Gasteiger partial charge < -0.3 is 13.6 Å². The fraction of sp³-hybridized carbons (Fsp3) is 1.00. The lowest BCUT2D eigenvalue weighted by Crippen LogP contribution is -2.40. The molecule has 0 saturated carbocycles. The highest BCUT2D eigenvalue weighted by Gasteiger charge is 2.34. The van der Waals surface area contributed by atoms with Crippen molar-refractivity contribution in [3.05, 3.63) is 0 Å². The van der Waals surface area contributed by atoms with Gasteiger partial charge in [0.1, 0.15) is 0 Å². The standard InChI is InChI=1S/C9H22O3Si/c1-5-9(6-2)7-8-13(10,11-3)12-4/h9-10H,5-8H2,1-4H3. The van der Waals surface area contributed by atoms with Crippen molar-refractivity contribution < 1.29 is 13.6 Å². The maximum absolute atomic E-state index is 9.76. The summed E-state index contributed by atoms with van der Waals surface area (Å²) in [7, 11) is 0.240. The van der Waals surface area contributed by atoms with Gasteiger partial charge in [0.25, 0.3) is 0 Å². The highest BCUT2D eigenvalue weighted by atomic mass is 28.4.